The van der Waals surface area contributed by atoms with Crippen LogP contribution in [0.5, 0.6) is 0 Å². The van der Waals surface area contributed by atoms with Gasteiger partial charge in [-0.2, -0.15) is 0 Å². The lowest BCUT2D eigenvalue weighted by atomic mass is 9.97. The van der Waals surface area contributed by atoms with E-state index in [1.807, 2.05) is 79.9 Å². The van der Waals surface area contributed by atoms with Crippen LogP contribution in [-0.4, -0.2) is 22.9 Å². The maximum absolute atomic E-state index is 13.5. The molecule has 0 spiro atoms. The Morgan fingerprint density at radius 1 is 0.867 bits per heavy atom. The lowest BCUT2D eigenvalue weighted by Gasteiger charge is -2.06. The first-order chi connectivity index (χ1) is 14.7. The highest BCUT2D eigenvalue weighted by molar-refractivity contribution is 6.21. The fraction of sp³-hybridized carbons (Fsp3) is 0.231. The average Bonchev–Trinajstić information content (AvgIpc) is 3.15. The first-order valence-corrected chi connectivity index (χ1v) is 10.4. The van der Waals surface area contributed by atoms with Crippen LogP contribution in [0.2, 0.25) is 0 Å². The summed E-state index contributed by atoms with van der Waals surface area (Å²) in [6.07, 6.45) is 3.79. The van der Waals surface area contributed by atoms with Gasteiger partial charge in [0.15, 0.2) is 5.78 Å². The monoisotopic (exact) mass is 399 g/mol. The van der Waals surface area contributed by atoms with Gasteiger partial charge in [-0.3, -0.25) is 9.59 Å². The zero-order valence-electron chi connectivity index (χ0n) is 17.1. The molecule has 152 valence electrons. The van der Waals surface area contributed by atoms with Gasteiger partial charge in [-0.05, 0) is 29.7 Å². The number of para-hydroxylation sites is 1. The molecule has 4 rings (SSSR count). The van der Waals surface area contributed by atoms with Crippen molar-refractivity contribution < 1.29 is 14.3 Å². The van der Waals surface area contributed by atoms with E-state index in [0.29, 0.717) is 37.1 Å². The maximum atomic E-state index is 13.5. The number of aryl methyl sites for hydroxylation is 1. The Bertz CT molecular complexity index is 1200. The van der Waals surface area contributed by atoms with Gasteiger partial charge in [0, 0.05) is 41.2 Å². The summed E-state index contributed by atoms with van der Waals surface area (Å²) in [6.45, 7) is 3.10. The number of esters is 1. The molecule has 0 fully saturated rings. The van der Waals surface area contributed by atoms with Crippen LogP contribution in [0.1, 0.15) is 42.1 Å². The number of hydrogen-bond donors (Lipinski definition) is 0. The van der Waals surface area contributed by atoms with Crippen LogP contribution in [0.25, 0.3) is 21.7 Å². The van der Waals surface area contributed by atoms with Crippen molar-refractivity contribution in [2.75, 3.05) is 6.61 Å². The molecule has 0 aliphatic heterocycles. The first-order valence-electron chi connectivity index (χ1n) is 10.4. The lowest BCUT2D eigenvalue weighted by molar-refractivity contribution is -0.143. The van der Waals surface area contributed by atoms with Crippen molar-refractivity contribution in [2.24, 2.45) is 0 Å². The van der Waals surface area contributed by atoms with Gasteiger partial charge in [0.25, 0.3) is 0 Å². The van der Waals surface area contributed by atoms with E-state index in [-0.39, 0.29) is 11.8 Å². The van der Waals surface area contributed by atoms with Crippen LogP contribution in [0, 0.1) is 0 Å². The number of ether oxygens (including phenoxy) is 1. The molecule has 4 nitrogen and oxygen atoms in total. The van der Waals surface area contributed by atoms with E-state index >= 15 is 0 Å². The Morgan fingerprint density at radius 3 is 2.43 bits per heavy atom. The second-order valence-electron chi connectivity index (χ2n) is 7.43. The van der Waals surface area contributed by atoms with Gasteiger partial charge in [0.05, 0.1) is 6.61 Å². The zero-order chi connectivity index (χ0) is 20.9. The fourth-order valence-corrected chi connectivity index (χ4v) is 3.86. The van der Waals surface area contributed by atoms with Crippen molar-refractivity contribution in [3.8, 4) is 0 Å². The molecule has 30 heavy (non-hydrogen) atoms. The third-order valence-electron chi connectivity index (χ3n) is 5.31. The number of rotatable bonds is 8. The second kappa shape index (κ2) is 8.95. The van der Waals surface area contributed by atoms with E-state index in [2.05, 4.69) is 4.57 Å². The maximum Gasteiger partial charge on any atom is 0.305 e. The number of aromatic nitrogens is 1. The quantitative estimate of drug-likeness (QED) is 0.280. The summed E-state index contributed by atoms with van der Waals surface area (Å²) in [6, 6.07) is 21.7. The van der Waals surface area contributed by atoms with Gasteiger partial charge in [0.2, 0.25) is 0 Å². The summed E-state index contributed by atoms with van der Waals surface area (Å²) in [4.78, 5) is 25.3. The number of benzene rings is 3. The van der Waals surface area contributed by atoms with Crippen LogP contribution in [0.3, 0.4) is 0 Å². The first kappa shape index (κ1) is 19.9. The van der Waals surface area contributed by atoms with Crippen molar-refractivity contribution in [2.45, 2.75) is 32.7 Å². The molecule has 0 saturated carbocycles. The highest BCUT2D eigenvalue weighted by Crippen LogP contribution is 2.27. The third kappa shape index (κ3) is 3.99. The van der Waals surface area contributed by atoms with Crippen molar-refractivity contribution in [3.63, 3.8) is 0 Å². The van der Waals surface area contributed by atoms with E-state index in [4.69, 9.17) is 4.74 Å². The Hall–Kier alpha value is -3.40. The molecule has 0 N–H and O–H groups in total. The number of carbonyl (C=O) groups is 2. The summed E-state index contributed by atoms with van der Waals surface area (Å²) < 4.78 is 7.23. The lowest BCUT2D eigenvalue weighted by Crippen LogP contribution is -2.07. The normalized spacial score (nSPS) is 11.1. The molecule has 0 saturated heterocycles. The number of nitrogens with zero attached hydrogens (tertiary/aromatic N) is 1. The van der Waals surface area contributed by atoms with E-state index in [1.165, 1.54) is 0 Å². The summed E-state index contributed by atoms with van der Waals surface area (Å²) >= 11 is 0. The van der Waals surface area contributed by atoms with Gasteiger partial charge in [-0.15, -0.1) is 0 Å². The molecule has 0 atom stereocenters. The van der Waals surface area contributed by atoms with Crippen LogP contribution >= 0.6 is 0 Å². The van der Waals surface area contributed by atoms with Crippen molar-refractivity contribution in [3.05, 3.63) is 84.1 Å². The van der Waals surface area contributed by atoms with E-state index in [0.717, 1.165) is 28.1 Å². The second-order valence-corrected chi connectivity index (χ2v) is 7.43. The van der Waals surface area contributed by atoms with E-state index in [1.54, 1.807) is 0 Å². The molecule has 0 aliphatic carbocycles. The van der Waals surface area contributed by atoms with E-state index < -0.39 is 0 Å². The van der Waals surface area contributed by atoms with Crippen molar-refractivity contribution in [1.29, 1.82) is 0 Å². The Morgan fingerprint density at radius 2 is 1.60 bits per heavy atom. The average molecular weight is 399 g/mol. The molecule has 4 aromatic rings. The zero-order valence-corrected chi connectivity index (χ0v) is 17.1. The van der Waals surface area contributed by atoms with Crippen LogP contribution in [0.15, 0.2) is 72.9 Å². The largest absolute Gasteiger partial charge is 0.466 e. The fourth-order valence-electron chi connectivity index (χ4n) is 3.86. The molecule has 0 radical (unpaired) electrons. The molecule has 4 heteroatoms. The highest BCUT2D eigenvalue weighted by Gasteiger charge is 2.18. The van der Waals surface area contributed by atoms with Gasteiger partial charge >= 0.3 is 5.97 Å². The van der Waals surface area contributed by atoms with Crippen molar-refractivity contribution >= 4 is 33.4 Å². The molecular formula is C26H25NO3. The number of fused-ring (bicyclic) bond motifs is 2. The molecule has 0 bridgehead atoms. The molecule has 0 aliphatic rings. The van der Waals surface area contributed by atoms with Crippen molar-refractivity contribution in [1.82, 2.24) is 4.57 Å². The molecule has 0 unspecified atom stereocenters. The molecule has 3 aromatic carbocycles. The van der Waals surface area contributed by atoms with Crippen LogP contribution in [0.4, 0.5) is 0 Å². The minimum absolute atomic E-state index is 0.0177. The summed E-state index contributed by atoms with van der Waals surface area (Å²) in [5.74, 6) is -0.149. The topological polar surface area (TPSA) is 48.3 Å². The molecule has 1 heterocycles. The Kier molecular flexibility index (Phi) is 5.94. The predicted octanol–water partition coefficient (Wildman–Crippen LogP) is 5.76. The highest BCUT2D eigenvalue weighted by atomic mass is 16.5. The van der Waals surface area contributed by atoms with E-state index in [9.17, 15) is 9.59 Å². The number of ketones is 1. The minimum atomic E-state index is -0.166. The smallest absolute Gasteiger partial charge is 0.305 e. The number of hydrogen-bond acceptors (Lipinski definition) is 3. The Labute approximate surface area is 176 Å². The van der Waals surface area contributed by atoms with Gasteiger partial charge in [0.1, 0.15) is 0 Å². The van der Waals surface area contributed by atoms with Crippen LogP contribution in [-0.2, 0) is 16.1 Å². The minimum Gasteiger partial charge on any atom is -0.466 e. The SMILES string of the molecule is CCCOC(=O)CCCn1cc(C(=O)c2cccc3ccccc23)c2ccccc21. The van der Waals surface area contributed by atoms with Gasteiger partial charge in [-0.1, -0.05) is 67.6 Å². The van der Waals surface area contributed by atoms with Gasteiger partial charge < -0.3 is 9.30 Å². The molecular weight excluding hydrogens is 374 g/mol. The third-order valence-corrected chi connectivity index (χ3v) is 5.31. The summed E-state index contributed by atoms with van der Waals surface area (Å²) in [7, 11) is 0. The molecule has 1 aromatic heterocycles. The summed E-state index contributed by atoms with van der Waals surface area (Å²) in [5, 5.41) is 2.95. The predicted molar refractivity (Wildman–Crippen MR) is 120 cm³/mol. The van der Waals surface area contributed by atoms with Gasteiger partial charge in [-0.25, -0.2) is 0 Å². The number of carbonyl (C=O) groups excluding carboxylic acids is 2. The standard InChI is InChI=1S/C26H25NO3/c1-2-17-30-25(28)15-8-16-27-18-23(21-12-5-6-14-24(21)27)26(29)22-13-7-10-19-9-3-4-11-20(19)22/h3-7,9-14,18H,2,8,15-17H2,1H3. The Balaban J connectivity index is 1.63. The van der Waals surface area contributed by atoms with Crippen LogP contribution < -0.4 is 0 Å². The molecule has 0 amide bonds. The summed E-state index contributed by atoms with van der Waals surface area (Å²) in [5.41, 5.74) is 2.40.